The Morgan fingerprint density at radius 1 is 0.906 bits per heavy atom. The molecule has 2 aromatic carbocycles. The van der Waals surface area contributed by atoms with Crippen molar-refractivity contribution in [1.29, 1.82) is 0 Å². The first-order valence-corrected chi connectivity index (χ1v) is 11.0. The van der Waals surface area contributed by atoms with Crippen LogP contribution in [-0.4, -0.2) is 36.2 Å². The lowest BCUT2D eigenvalue weighted by Gasteiger charge is -2.15. The summed E-state index contributed by atoms with van der Waals surface area (Å²) in [6.07, 6.45) is 3.10. The maximum Gasteiger partial charge on any atom is 0.321 e. The Morgan fingerprint density at radius 2 is 1.47 bits per heavy atom. The van der Waals surface area contributed by atoms with Crippen molar-refractivity contribution >= 4 is 33.2 Å². The highest BCUT2D eigenvalue weighted by atomic mass is 32.2. The summed E-state index contributed by atoms with van der Waals surface area (Å²) < 4.78 is 32.9. The van der Waals surface area contributed by atoms with Gasteiger partial charge in [-0.2, -0.15) is 4.72 Å². The molecule has 0 bridgehead atoms. The summed E-state index contributed by atoms with van der Waals surface area (Å²) in [7, 11) is -3.94. The summed E-state index contributed by atoms with van der Waals surface area (Å²) in [4.78, 5) is 31.4. The number of benzene rings is 2. The molecule has 0 aliphatic carbocycles. The molecule has 166 valence electrons. The first-order chi connectivity index (χ1) is 15.2. The molecule has 0 aliphatic heterocycles. The fraction of sp³-hybridized carbons (Fsp3) is 0.143. The van der Waals surface area contributed by atoms with Crippen LogP contribution in [0.3, 0.4) is 0 Å². The Bertz CT molecular complexity index is 1180. The average Bonchev–Trinajstić information content (AvgIpc) is 2.75. The highest BCUT2D eigenvalue weighted by molar-refractivity contribution is 7.89. The molecule has 0 saturated heterocycles. The molecular formula is C21H21N5O5S. The zero-order valence-corrected chi connectivity index (χ0v) is 18.1. The highest BCUT2D eigenvalue weighted by Gasteiger charge is 2.22. The normalized spacial score (nSPS) is 11.9. The molecule has 2 amide bonds. The van der Waals surface area contributed by atoms with E-state index in [2.05, 4.69) is 25.3 Å². The van der Waals surface area contributed by atoms with Gasteiger partial charge in [0.25, 0.3) is 0 Å². The number of ether oxygens (including phenoxy) is 1. The van der Waals surface area contributed by atoms with Gasteiger partial charge in [0.15, 0.2) is 0 Å². The smallest absolute Gasteiger partial charge is 0.321 e. The first-order valence-electron chi connectivity index (χ1n) is 9.49. The van der Waals surface area contributed by atoms with Crippen molar-refractivity contribution in [2.75, 3.05) is 10.6 Å². The van der Waals surface area contributed by atoms with E-state index in [1.807, 2.05) is 0 Å². The van der Waals surface area contributed by atoms with E-state index in [4.69, 9.17) is 4.74 Å². The predicted molar refractivity (Wildman–Crippen MR) is 118 cm³/mol. The fourth-order valence-corrected chi connectivity index (χ4v) is 3.78. The number of nitrogens with one attached hydrogen (secondary N) is 3. The molecule has 3 rings (SSSR count). The van der Waals surface area contributed by atoms with Crippen LogP contribution in [0.2, 0.25) is 0 Å². The molecule has 0 radical (unpaired) electrons. The summed E-state index contributed by atoms with van der Waals surface area (Å²) in [5.41, 5.74) is 0.926. The third-order valence-electron chi connectivity index (χ3n) is 4.08. The van der Waals surface area contributed by atoms with E-state index in [-0.39, 0.29) is 16.8 Å². The zero-order chi connectivity index (χ0) is 23.1. The third-order valence-corrected chi connectivity index (χ3v) is 5.64. The van der Waals surface area contributed by atoms with E-state index in [1.165, 1.54) is 38.1 Å². The van der Waals surface area contributed by atoms with E-state index in [9.17, 15) is 18.0 Å². The van der Waals surface area contributed by atoms with E-state index in [0.29, 0.717) is 17.1 Å². The fourth-order valence-electron chi connectivity index (χ4n) is 2.58. The van der Waals surface area contributed by atoms with Gasteiger partial charge in [-0.3, -0.25) is 9.59 Å². The van der Waals surface area contributed by atoms with Gasteiger partial charge in [-0.05, 0) is 61.5 Å². The molecule has 3 aromatic rings. The summed E-state index contributed by atoms with van der Waals surface area (Å²) >= 11 is 0. The van der Waals surface area contributed by atoms with Crippen molar-refractivity contribution in [1.82, 2.24) is 14.7 Å². The Labute approximate surface area is 185 Å². The van der Waals surface area contributed by atoms with Gasteiger partial charge < -0.3 is 15.4 Å². The Morgan fingerprint density at radius 3 is 2.06 bits per heavy atom. The number of anilines is 2. The molecule has 32 heavy (non-hydrogen) atoms. The minimum absolute atomic E-state index is 0.0316. The second kappa shape index (κ2) is 9.98. The molecule has 0 unspecified atom stereocenters. The van der Waals surface area contributed by atoms with Crippen molar-refractivity contribution in [3.8, 4) is 11.8 Å². The lowest BCUT2D eigenvalue weighted by molar-refractivity contribution is -0.117. The van der Waals surface area contributed by atoms with Crippen molar-refractivity contribution in [3.05, 3.63) is 67.0 Å². The number of hydrogen-bond acceptors (Lipinski definition) is 7. The van der Waals surface area contributed by atoms with Crippen molar-refractivity contribution < 1.29 is 22.7 Å². The maximum atomic E-state index is 12.5. The first kappa shape index (κ1) is 22.8. The number of nitrogens with zero attached hydrogens (tertiary/aromatic N) is 2. The van der Waals surface area contributed by atoms with Gasteiger partial charge in [0.2, 0.25) is 21.8 Å². The number of carbonyl (C=O) groups is 2. The van der Waals surface area contributed by atoms with Crippen LogP contribution in [0, 0.1) is 0 Å². The number of rotatable bonds is 8. The molecule has 0 fully saturated rings. The van der Waals surface area contributed by atoms with Crippen LogP contribution < -0.4 is 20.1 Å². The predicted octanol–water partition coefficient (Wildman–Crippen LogP) is 2.53. The van der Waals surface area contributed by atoms with E-state index < -0.39 is 22.0 Å². The van der Waals surface area contributed by atoms with Crippen LogP contribution in [0.1, 0.15) is 13.8 Å². The maximum absolute atomic E-state index is 12.5. The lowest BCUT2D eigenvalue weighted by atomic mass is 10.2. The van der Waals surface area contributed by atoms with Gasteiger partial charge in [0, 0.05) is 30.7 Å². The van der Waals surface area contributed by atoms with Gasteiger partial charge >= 0.3 is 6.01 Å². The molecule has 1 aromatic heterocycles. The number of carbonyl (C=O) groups excluding carboxylic acids is 2. The van der Waals surface area contributed by atoms with Crippen LogP contribution in [-0.2, 0) is 19.6 Å². The molecule has 0 saturated carbocycles. The lowest BCUT2D eigenvalue weighted by Crippen LogP contribution is -2.41. The summed E-state index contributed by atoms with van der Waals surface area (Å²) in [6, 6.07) is 12.9. The van der Waals surface area contributed by atoms with E-state index in [0.717, 1.165) is 0 Å². The molecule has 11 heteroatoms. The molecule has 3 N–H and O–H groups in total. The largest absolute Gasteiger partial charge is 0.424 e. The number of sulfonamides is 1. The quantitative estimate of drug-likeness (QED) is 0.474. The summed E-state index contributed by atoms with van der Waals surface area (Å²) in [5.74, 6) is -0.328. The van der Waals surface area contributed by atoms with Crippen LogP contribution in [0.4, 0.5) is 11.4 Å². The third kappa shape index (κ3) is 6.33. The van der Waals surface area contributed by atoms with Gasteiger partial charge in [-0.25, -0.2) is 18.4 Å². The Hall–Kier alpha value is -3.83. The molecule has 10 nitrogen and oxygen atoms in total. The monoisotopic (exact) mass is 455 g/mol. The van der Waals surface area contributed by atoms with Gasteiger partial charge in [-0.15, -0.1) is 0 Å². The van der Waals surface area contributed by atoms with Crippen molar-refractivity contribution in [3.63, 3.8) is 0 Å². The van der Waals surface area contributed by atoms with Crippen LogP contribution in [0.25, 0.3) is 0 Å². The zero-order valence-electron chi connectivity index (χ0n) is 17.3. The topological polar surface area (TPSA) is 139 Å². The van der Waals surface area contributed by atoms with Gasteiger partial charge in [0.1, 0.15) is 5.75 Å². The van der Waals surface area contributed by atoms with Crippen molar-refractivity contribution in [2.24, 2.45) is 0 Å². The molecule has 1 atom stereocenters. The number of amides is 2. The Kier molecular flexibility index (Phi) is 7.13. The molecule has 0 aliphatic rings. The van der Waals surface area contributed by atoms with E-state index >= 15 is 0 Å². The van der Waals surface area contributed by atoms with E-state index in [1.54, 1.807) is 42.7 Å². The van der Waals surface area contributed by atoms with Crippen LogP contribution in [0.5, 0.6) is 11.8 Å². The highest BCUT2D eigenvalue weighted by Crippen LogP contribution is 2.20. The molecule has 0 spiro atoms. The second-order valence-electron chi connectivity index (χ2n) is 6.70. The average molecular weight is 455 g/mol. The van der Waals surface area contributed by atoms with Crippen LogP contribution >= 0.6 is 0 Å². The summed E-state index contributed by atoms with van der Waals surface area (Å²) in [5, 5.41) is 5.19. The van der Waals surface area contributed by atoms with Crippen LogP contribution in [0.15, 0.2) is 71.9 Å². The van der Waals surface area contributed by atoms with Gasteiger partial charge in [0.05, 0.1) is 10.9 Å². The summed E-state index contributed by atoms with van der Waals surface area (Å²) in [6.45, 7) is 2.79. The minimum atomic E-state index is -3.94. The number of aromatic nitrogens is 2. The second-order valence-corrected chi connectivity index (χ2v) is 8.41. The molecule has 1 heterocycles. The Balaban J connectivity index is 1.58. The molecular weight excluding hydrogens is 434 g/mol. The minimum Gasteiger partial charge on any atom is -0.424 e. The van der Waals surface area contributed by atoms with Gasteiger partial charge in [-0.1, -0.05) is 0 Å². The SMILES string of the molecule is CC(=O)Nc1ccc(S(=O)(=O)N[C@@H](C)C(=O)Nc2ccc(Oc3ncccn3)cc2)cc1. The standard InChI is InChI=1S/C21H21N5O5S/c1-14(26-32(29,30)19-10-6-16(7-11-19)24-15(2)27)20(28)25-17-4-8-18(9-5-17)31-21-22-12-3-13-23-21/h3-14,26H,1-2H3,(H,24,27)(H,25,28)/t14-/m0/s1. The number of hydrogen-bond donors (Lipinski definition) is 3. The van der Waals surface area contributed by atoms with Crippen molar-refractivity contribution in [2.45, 2.75) is 24.8 Å².